The third kappa shape index (κ3) is 5.01. The van der Waals surface area contributed by atoms with Crippen LogP contribution in [-0.2, 0) is 10.2 Å². The Bertz CT molecular complexity index is 978. The quantitative estimate of drug-likeness (QED) is 0.394. The first-order valence-corrected chi connectivity index (χ1v) is 9.49. The average molecular weight is 405 g/mol. The first-order chi connectivity index (χ1) is 14.5. The molecule has 0 spiro atoms. The van der Waals surface area contributed by atoms with E-state index in [9.17, 15) is 9.59 Å². The smallest absolute Gasteiger partial charge is 0.253 e. The molecule has 2 amide bonds. The lowest BCUT2D eigenvalue weighted by Gasteiger charge is -2.27. The van der Waals surface area contributed by atoms with Gasteiger partial charge in [0.1, 0.15) is 11.5 Å². The molecule has 154 valence electrons. The second-order valence-corrected chi connectivity index (χ2v) is 6.96. The molecule has 2 aromatic carbocycles. The highest BCUT2D eigenvalue weighted by atomic mass is 16.5. The van der Waals surface area contributed by atoms with Gasteiger partial charge in [-0.15, -0.1) is 0 Å². The molecule has 3 rings (SSSR count). The molecular weight excluding hydrogens is 382 g/mol. The number of para-hydroxylation sites is 1. The number of rotatable bonds is 8. The second kappa shape index (κ2) is 9.67. The number of carbonyl (C=O) groups is 2. The highest BCUT2D eigenvalue weighted by Gasteiger charge is 2.35. The molecule has 0 aliphatic rings. The molecule has 3 aromatic rings. The minimum atomic E-state index is -1.04. The van der Waals surface area contributed by atoms with E-state index in [1.165, 1.54) is 0 Å². The maximum atomic E-state index is 12.5. The largest absolute Gasteiger partial charge is 0.457 e. The van der Waals surface area contributed by atoms with E-state index in [0.29, 0.717) is 22.6 Å². The number of pyridine rings is 1. The van der Waals surface area contributed by atoms with Gasteiger partial charge in [0.15, 0.2) is 0 Å². The number of nitrogens with one attached hydrogen (secondary N) is 2. The Morgan fingerprint density at radius 1 is 1.00 bits per heavy atom. The van der Waals surface area contributed by atoms with Crippen molar-refractivity contribution in [3.63, 3.8) is 0 Å². The summed E-state index contributed by atoms with van der Waals surface area (Å²) in [4.78, 5) is 28.7. The molecule has 30 heavy (non-hydrogen) atoms. The number of benzene rings is 2. The molecule has 0 aliphatic carbocycles. The summed E-state index contributed by atoms with van der Waals surface area (Å²) in [5.41, 5.74) is 1.79. The maximum absolute atomic E-state index is 12.5. The van der Waals surface area contributed by atoms with Gasteiger partial charge in [0.25, 0.3) is 11.8 Å². The number of nitrogens with zero attached hydrogens (tertiary/aromatic N) is 1. The molecule has 3 N–H and O–H groups in total. The predicted octanol–water partition coefficient (Wildman–Crippen LogP) is 3.46. The zero-order chi connectivity index (χ0) is 21.4. The van der Waals surface area contributed by atoms with E-state index in [0.717, 1.165) is 0 Å². The van der Waals surface area contributed by atoms with Crippen LogP contribution in [0.5, 0.6) is 11.5 Å². The van der Waals surface area contributed by atoms with Gasteiger partial charge in [-0.25, -0.2) is 5.48 Å². The van der Waals surface area contributed by atoms with Crippen LogP contribution < -0.4 is 15.5 Å². The molecule has 1 atom stereocenters. The predicted molar refractivity (Wildman–Crippen MR) is 111 cm³/mol. The van der Waals surface area contributed by atoms with Gasteiger partial charge in [-0.05, 0) is 61.4 Å². The Balaban J connectivity index is 1.60. The average Bonchev–Trinajstić information content (AvgIpc) is 2.80. The number of amides is 2. The Kier molecular flexibility index (Phi) is 6.77. The summed E-state index contributed by atoms with van der Waals surface area (Å²) >= 11 is 0. The molecule has 1 aromatic heterocycles. The molecular formula is C23H23N3O4. The van der Waals surface area contributed by atoms with E-state index in [-0.39, 0.29) is 18.9 Å². The van der Waals surface area contributed by atoms with Crippen molar-refractivity contribution in [3.05, 3.63) is 90.3 Å². The number of carbonyl (C=O) groups excluding carboxylic acids is 2. The molecule has 0 saturated carbocycles. The van der Waals surface area contributed by atoms with E-state index in [4.69, 9.17) is 9.94 Å². The Hall–Kier alpha value is -3.71. The summed E-state index contributed by atoms with van der Waals surface area (Å²) in [6.45, 7) is 1.93. The summed E-state index contributed by atoms with van der Waals surface area (Å²) in [6, 6.07) is 19.6. The van der Waals surface area contributed by atoms with E-state index in [2.05, 4.69) is 10.3 Å². The lowest BCUT2D eigenvalue weighted by Crippen LogP contribution is -2.43. The van der Waals surface area contributed by atoms with Gasteiger partial charge in [0.05, 0.1) is 5.41 Å². The fourth-order valence-electron chi connectivity index (χ4n) is 3.03. The van der Waals surface area contributed by atoms with E-state index < -0.39 is 11.3 Å². The van der Waals surface area contributed by atoms with E-state index in [1.807, 2.05) is 30.3 Å². The van der Waals surface area contributed by atoms with Crippen molar-refractivity contribution in [1.29, 1.82) is 0 Å². The molecule has 7 heteroatoms. The van der Waals surface area contributed by atoms with Crippen LogP contribution in [0.4, 0.5) is 0 Å². The van der Waals surface area contributed by atoms with Crippen LogP contribution in [0.15, 0.2) is 79.1 Å². The molecule has 0 bridgehead atoms. The maximum Gasteiger partial charge on any atom is 0.253 e. The van der Waals surface area contributed by atoms with Crippen LogP contribution in [0.2, 0.25) is 0 Å². The lowest BCUT2D eigenvalue weighted by atomic mass is 9.79. The first kappa shape index (κ1) is 21.0. The first-order valence-electron chi connectivity index (χ1n) is 9.49. The normalized spacial score (nSPS) is 12.5. The van der Waals surface area contributed by atoms with Crippen molar-refractivity contribution in [1.82, 2.24) is 15.8 Å². The van der Waals surface area contributed by atoms with Crippen LogP contribution in [0, 0.1) is 0 Å². The van der Waals surface area contributed by atoms with Crippen LogP contribution in [0.25, 0.3) is 0 Å². The third-order valence-corrected chi connectivity index (χ3v) is 4.91. The monoisotopic (exact) mass is 405 g/mol. The van der Waals surface area contributed by atoms with Gasteiger partial charge in [0, 0.05) is 24.5 Å². The zero-order valence-corrected chi connectivity index (χ0v) is 16.5. The van der Waals surface area contributed by atoms with Gasteiger partial charge in [-0.2, -0.15) is 0 Å². The van der Waals surface area contributed by atoms with E-state index in [1.54, 1.807) is 61.2 Å². The van der Waals surface area contributed by atoms with Crippen molar-refractivity contribution in [2.45, 2.75) is 18.8 Å². The van der Waals surface area contributed by atoms with Gasteiger partial charge >= 0.3 is 0 Å². The van der Waals surface area contributed by atoms with Crippen molar-refractivity contribution in [3.8, 4) is 11.5 Å². The minimum Gasteiger partial charge on any atom is -0.457 e. The van der Waals surface area contributed by atoms with Crippen LogP contribution >= 0.6 is 0 Å². The summed E-state index contributed by atoms with van der Waals surface area (Å²) in [6.07, 6.45) is 3.46. The number of ether oxygens (including phenoxy) is 1. The van der Waals surface area contributed by atoms with Crippen LogP contribution in [0.1, 0.15) is 29.3 Å². The molecule has 0 radical (unpaired) electrons. The highest BCUT2D eigenvalue weighted by Crippen LogP contribution is 2.27. The molecule has 0 fully saturated rings. The summed E-state index contributed by atoms with van der Waals surface area (Å²) in [5, 5.41) is 11.9. The molecule has 1 unspecified atom stereocenters. The highest BCUT2D eigenvalue weighted by molar-refractivity contribution is 5.94. The molecule has 1 heterocycles. The van der Waals surface area contributed by atoms with Crippen LogP contribution in [-0.4, -0.2) is 28.6 Å². The van der Waals surface area contributed by atoms with Crippen LogP contribution in [0.3, 0.4) is 0 Å². The number of hydroxylamine groups is 1. The summed E-state index contributed by atoms with van der Waals surface area (Å²) < 4.78 is 5.72. The Labute approximate surface area is 174 Å². The number of hydrogen-bond donors (Lipinski definition) is 3. The topological polar surface area (TPSA) is 101 Å². The molecule has 7 nitrogen and oxygen atoms in total. The lowest BCUT2D eigenvalue weighted by molar-refractivity contribution is -0.135. The van der Waals surface area contributed by atoms with E-state index >= 15 is 0 Å². The van der Waals surface area contributed by atoms with Gasteiger partial charge in [0.2, 0.25) is 0 Å². The standard InChI is InChI=1S/C23H23N3O4/c1-23(22(28)26-29,18-6-5-14-24-16-18)13-15-25-21(27)17-9-11-20(12-10-17)30-19-7-3-2-4-8-19/h2-12,14,16,29H,13,15H2,1H3,(H,25,27)(H,26,28). The summed E-state index contributed by atoms with van der Waals surface area (Å²) in [7, 11) is 0. The fraction of sp³-hybridized carbons (Fsp3) is 0.174. The zero-order valence-electron chi connectivity index (χ0n) is 16.5. The van der Waals surface area contributed by atoms with Crippen molar-refractivity contribution >= 4 is 11.8 Å². The molecule has 0 aliphatic heterocycles. The van der Waals surface area contributed by atoms with Gasteiger partial charge in [-0.1, -0.05) is 24.3 Å². The Morgan fingerprint density at radius 3 is 2.33 bits per heavy atom. The third-order valence-electron chi connectivity index (χ3n) is 4.91. The SMILES string of the molecule is CC(CCNC(=O)c1ccc(Oc2ccccc2)cc1)(C(=O)NO)c1cccnc1. The van der Waals surface area contributed by atoms with Crippen molar-refractivity contribution in [2.75, 3.05) is 6.54 Å². The van der Waals surface area contributed by atoms with Crippen molar-refractivity contribution < 1.29 is 19.5 Å². The fourth-order valence-corrected chi connectivity index (χ4v) is 3.03. The van der Waals surface area contributed by atoms with Gasteiger partial charge in [-0.3, -0.25) is 19.8 Å². The summed E-state index contributed by atoms with van der Waals surface area (Å²) in [5.74, 6) is 0.513. The minimum absolute atomic E-state index is 0.236. The van der Waals surface area contributed by atoms with Gasteiger partial charge < -0.3 is 10.1 Å². The molecule has 0 saturated heterocycles. The second-order valence-electron chi connectivity index (χ2n) is 6.96. The number of hydrogen-bond acceptors (Lipinski definition) is 5. The van der Waals surface area contributed by atoms with Crippen molar-refractivity contribution in [2.24, 2.45) is 0 Å². The Morgan fingerprint density at radius 2 is 1.70 bits per heavy atom. The number of aromatic nitrogens is 1.